The molecule has 0 aliphatic rings. The molecule has 0 unspecified atom stereocenters. The van der Waals surface area contributed by atoms with Crippen molar-refractivity contribution in [3.8, 4) is 5.75 Å². The van der Waals surface area contributed by atoms with Gasteiger partial charge in [-0.2, -0.15) is 0 Å². The van der Waals surface area contributed by atoms with Crippen LogP contribution >= 0.6 is 11.8 Å². The van der Waals surface area contributed by atoms with Gasteiger partial charge in [-0.05, 0) is 24.6 Å². The Labute approximate surface area is 84.2 Å². The molecule has 2 heteroatoms. The Morgan fingerprint density at radius 3 is 2.31 bits per heavy atom. The van der Waals surface area contributed by atoms with Crippen LogP contribution in [0.1, 0.15) is 26.3 Å². The normalized spacial score (nSPS) is 11.7. The number of benzene rings is 1. The average molecular weight is 196 g/mol. The quantitative estimate of drug-likeness (QED) is 0.693. The number of phenolic OH excluding ortho intramolecular Hbond substituents is 1. The summed E-state index contributed by atoms with van der Waals surface area (Å²) in [5.41, 5.74) is 1.09. The summed E-state index contributed by atoms with van der Waals surface area (Å²) >= 11 is 1.69. The average Bonchev–Trinajstić information content (AvgIpc) is 1.93. The number of hydrogen-bond acceptors (Lipinski definition) is 2. The van der Waals surface area contributed by atoms with E-state index in [0.29, 0.717) is 5.75 Å². The zero-order valence-corrected chi connectivity index (χ0v) is 9.40. The summed E-state index contributed by atoms with van der Waals surface area (Å²) in [6, 6.07) is 5.79. The first-order valence-corrected chi connectivity index (χ1v) is 5.19. The Morgan fingerprint density at radius 1 is 1.23 bits per heavy atom. The summed E-state index contributed by atoms with van der Waals surface area (Å²) in [6.45, 7) is 8.39. The Hall–Kier alpha value is -0.630. The van der Waals surface area contributed by atoms with E-state index in [1.54, 1.807) is 17.8 Å². The maximum Gasteiger partial charge on any atom is 0.129 e. The molecule has 0 atom stereocenters. The van der Waals surface area contributed by atoms with Crippen molar-refractivity contribution in [1.82, 2.24) is 0 Å². The van der Waals surface area contributed by atoms with Crippen LogP contribution in [0.15, 0.2) is 23.1 Å². The van der Waals surface area contributed by atoms with Crippen LogP contribution in [0, 0.1) is 6.92 Å². The molecular weight excluding hydrogens is 180 g/mol. The summed E-state index contributed by atoms with van der Waals surface area (Å²) in [5, 5.41) is 9.63. The minimum atomic E-state index is 0.146. The van der Waals surface area contributed by atoms with Gasteiger partial charge in [-0.1, -0.05) is 26.8 Å². The van der Waals surface area contributed by atoms with Gasteiger partial charge in [-0.25, -0.2) is 0 Å². The molecule has 0 bridgehead atoms. The van der Waals surface area contributed by atoms with Gasteiger partial charge in [-0.3, -0.25) is 0 Å². The van der Waals surface area contributed by atoms with Crippen LogP contribution < -0.4 is 0 Å². The molecule has 0 fully saturated rings. The van der Waals surface area contributed by atoms with Crippen LogP contribution in [0.2, 0.25) is 0 Å². The summed E-state index contributed by atoms with van der Waals surface area (Å²) in [7, 11) is 0. The second kappa shape index (κ2) is 3.62. The lowest BCUT2D eigenvalue weighted by Gasteiger charge is -2.18. The molecule has 1 nitrogen and oxygen atoms in total. The van der Waals surface area contributed by atoms with Crippen LogP contribution in [0.5, 0.6) is 5.75 Å². The zero-order chi connectivity index (χ0) is 10.1. The molecule has 0 spiro atoms. The second-order valence-corrected chi connectivity index (χ2v) is 6.05. The highest BCUT2D eigenvalue weighted by Gasteiger charge is 2.14. The van der Waals surface area contributed by atoms with Crippen molar-refractivity contribution in [2.24, 2.45) is 0 Å². The van der Waals surface area contributed by atoms with Gasteiger partial charge in [0.1, 0.15) is 5.75 Å². The molecule has 0 saturated carbocycles. The largest absolute Gasteiger partial charge is 0.507 e. The molecule has 1 rings (SSSR count). The Bertz CT molecular complexity index is 299. The Balaban J connectivity index is 2.90. The third-order valence-electron chi connectivity index (χ3n) is 1.53. The van der Waals surface area contributed by atoms with Crippen LogP contribution in [0.4, 0.5) is 0 Å². The minimum Gasteiger partial charge on any atom is -0.507 e. The Morgan fingerprint density at radius 2 is 1.85 bits per heavy atom. The van der Waals surface area contributed by atoms with Crippen molar-refractivity contribution in [3.05, 3.63) is 23.8 Å². The smallest absolute Gasteiger partial charge is 0.129 e. The summed E-state index contributed by atoms with van der Waals surface area (Å²) in [5.74, 6) is 0.389. The van der Waals surface area contributed by atoms with Crippen molar-refractivity contribution in [3.63, 3.8) is 0 Å². The molecule has 0 aromatic heterocycles. The third-order valence-corrected chi connectivity index (χ3v) is 2.71. The monoisotopic (exact) mass is 196 g/mol. The van der Waals surface area contributed by atoms with E-state index < -0.39 is 0 Å². The van der Waals surface area contributed by atoms with Gasteiger partial charge in [-0.15, -0.1) is 11.8 Å². The molecule has 0 aliphatic carbocycles. The first-order chi connectivity index (χ1) is 5.88. The van der Waals surface area contributed by atoms with Crippen LogP contribution in [-0.2, 0) is 0 Å². The number of hydrogen-bond donors (Lipinski definition) is 1. The van der Waals surface area contributed by atoms with E-state index in [9.17, 15) is 5.11 Å². The van der Waals surface area contributed by atoms with Crippen LogP contribution in [0.25, 0.3) is 0 Å². The van der Waals surface area contributed by atoms with Gasteiger partial charge in [0, 0.05) is 9.64 Å². The van der Waals surface area contributed by atoms with Gasteiger partial charge in [0.25, 0.3) is 0 Å². The van der Waals surface area contributed by atoms with E-state index in [2.05, 4.69) is 20.8 Å². The summed E-state index contributed by atoms with van der Waals surface area (Å²) in [4.78, 5) is 0.957. The molecule has 0 radical (unpaired) electrons. The molecule has 13 heavy (non-hydrogen) atoms. The highest BCUT2D eigenvalue weighted by atomic mass is 32.2. The third kappa shape index (κ3) is 3.31. The minimum absolute atomic E-state index is 0.146. The van der Waals surface area contributed by atoms with Crippen LogP contribution in [0.3, 0.4) is 0 Å². The molecule has 0 heterocycles. The number of phenols is 1. The standard InChI is InChI=1S/C11H16OS/c1-8-5-6-10(9(12)7-8)13-11(2,3)4/h5-7,12H,1-4H3. The van der Waals surface area contributed by atoms with Crippen molar-refractivity contribution in [2.75, 3.05) is 0 Å². The molecule has 0 aliphatic heterocycles. The number of aromatic hydroxyl groups is 1. The maximum absolute atomic E-state index is 9.63. The van der Waals surface area contributed by atoms with Crippen molar-refractivity contribution in [1.29, 1.82) is 0 Å². The molecule has 72 valence electrons. The lowest BCUT2D eigenvalue weighted by Crippen LogP contribution is -2.06. The molecular formula is C11H16OS. The summed E-state index contributed by atoms with van der Waals surface area (Å²) in [6.07, 6.45) is 0. The van der Waals surface area contributed by atoms with E-state index in [-0.39, 0.29) is 4.75 Å². The van der Waals surface area contributed by atoms with E-state index in [1.165, 1.54) is 0 Å². The number of aryl methyl sites for hydroxylation is 1. The summed E-state index contributed by atoms with van der Waals surface area (Å²) < 4.78 is 0.146. The maximum atomic E-state index is 9.63. The van der Waals surface area contributed by atoms with E-state index in [4.69, 9.17) is 0 Å². The van der Waals surface area contributed by atoms with Crippen LogP contribution in [-0.4, -0.2) is 9.85 Å². The fourth-order valence-electron chi connectivity index (χ4n) is 1.04. The van der Waals surface area contributed by atoms with Gasteiger partial charge < -0.3 is 5.11 Å². The van der Waals surface area contributed by atoms with E-state index in [0.717, 1.165) is 10.5 Å². The highest BCUT2D eigenvalue weighted by Crippen LogP contribution is 2.37. The fraction of sp³-hybridized carbons (Fsp3) is 0.455. The second-order valence-electron chi connectivity index (χ2n) is 4.19. The molecule has 1 aromatic rings. The predicted octanol–water partition coefficient (Wildman–Crippen LogP) is 3.59. The molecule has 0 amide bonds. The molecule has 0 saturated heterocycles. The van der Waals surface area contributed by atoms with Gasteiger partial charge in [0.15, 0.2) is 0 Å². The first-order valence-electron chi connectivity index (χ1n) is 4.37. The predicted molar refractivity (Wildman–Crippen MR) is 58.5 cm³/mol. The SMILES string of the molecule is Cc1ccc(SC(C)(C)C)c(O)c1. The fourth-order valence-corrected chi connectivity index (χ4v) is 2.00. The zero-order valence-electron chi connectivity index (χ0n) is 8.59. The number of thioether (sulfide) groups is 1. The lowest BCUT2D eigenvalue weighted by molar-refractivity contribution is 0.461. The lowest BCUT2D eigenvalue weighted by atomic mass is 10.2. The Kier molecular flexibility index (Phi) is 2.91. The number of rotatable bonds is 1. The van der Waals surface area contributed by atoms with Crippen molar-refractivity contribution >= 4 is 11.8 Å². The van der Waals surface area contributed by atoms with E-state index >= 15 is 0 Å². The van der Waals surface area contributed by atoms with Crippen molar-refractivity contribution in [2.45, 2.75) is 37.3 Å². The van der Waals surface area contributed by atoms with Gasteiger partial charge in [0.2, 0.25) is 0 Å². The first kappa shape index (κ1) is 10.5. The van der Waals surface area contributed by atoms with Gasteiger partial charge in [0.05, 0.1) is 0 Å². The molecule has 1 N–H and O–H groups in total. The topological polar surface area (TPSA) is 20.2 Å². The van der Waals surface area contributed by atoms with Crippen molar-refractivity contribution < 1.29 is 5.11 Å². The van der Waals surface area contributed by atoms with E-state index in [1.807, 2.05) is 19.1 Å². The highest BCUT2D eigenvalue weighted by molar-refractivity contribution is 8.00. The van der Waals surface area contributed by atoms with Gasteiger partial charge >= 0.3 is 0 Å². The molecule has 1 aromatic carbocycles.